The fourth-order valence-corrected chi connectivity index (χ4v) is 1.44. The molecule has 0 radical (unpaired) electrons. The van der Waals surface area contributed by atoms with Crippen molar-refractivity contribution in [1.29, 1.82) is 0 Å². The maximum atomic E-state index is 5.85. The van der Waals surface area contributed by atoms with Gasteiger partial charge in [-0.2, -0.15) is 5.10 Å². The first-order chi connectivity index (χ1) is 7.09. The van der Waals surface area contributed by atoms with Crippen LogP contribution in [0.15, 0.2) is 12.3 Å². The lowest BCUT2D eigenvalue weighted by molar-refractivity contribution is 0.793. The molecule has 0 amide bonds. The fourth-order valence-electron chi connectivity index (χ4n) is 1.44. The molecular formula is C10H13N5. The van der Waals surface area contributed by atoms with E-state index in [1.165, 1.54) is 0 Å². The molecule has 0 aliphatic heterocycles. The number of nitrogens with zero attached hydrogens (tertiary/aromatic N) is 4. The minimum atomic E-state index is 0.714. The monoisotopic (exact) mass is 203 g/mol. The van der Waals surface area contributed by atoms with Crippen LogP contribution in [-0.4, -0.2) is 19.7 Å². The zero-order chi connectivity index (χ0) is 11.0. The van der Waals surface area contributed by atoms with Gasteiger partial charge in [0.1, 0.15) is 5.82 Å². The van der Waals surface area contributed by atoms with Crippen LogP contribution in [-0.2, 0) is 0 Å². The van der Waals surface area contributed by atoms with Crippen LogP contribution in [0.3, 0.4) is 0 Å². The highest BCUT2D eigenvalue weighted by Gasteiger charge is 2.10. The number of rotatable bonds is 1. The first-order valence-electron chi connectivity index (χ1n) is 4.71. The number of nitrogens with two attached hydrogens (primary N) is 1. The maximum absolute atomic E-state index is 5.85. The van der Waals surface area contributed by atoms with Crippen molar-refractivity contribution < 1.29 is 0 Å². The third kappa shape index (κ3) is 1.56. The molecule has 5 heteroatoms. The van der Waals surface area contributed by atoms with Crippen LogP contribution in [0.4, 0.5) is 5.69 Å². The molecule has 0 aliphatic carbocycles. The van der Waals surface area contributed by atoms with Gasteiger partial charge in [-0.1, -0.05) is 0 Å². The van der Waals surface area contributed by atoms with Crippen LogP contribution in [0.25, 0.3) is 5.82 Å². The normalized spacial score (nSPS) is 10.6. The largest absolute Gasteiger partial charge is 0.396 e. The zero-order valence-corrected chi connectivity index (χ0v) is 9.02. The Morgan fingerprint density at radius 3 is 2.53 bits per heavy atom. The van der Waals surface area contributed by atoms with Crippen molar-refractivity contribution in [2.45, 2.75) is 20.8 Å². The van der Waals surface area contributed by atoms with E-state index in [2.05, 4.69) is 15.1 Å². The van der Waals surface area contributed by atoms with Gasteiger partial charge in [0.2, 0.25) is 0 Å². The second kappa shape index (κ2) is 3.34. The molecule has 0 unspecified atom stereocenters. The molecule has 0 fully saturated rings. The highest BCUT2D eigenvalue weighted by Crippen LogP contribution is 2.17. The molecule has 0 aliphatic rings. The Hall–Kier alpha value is -1.91. The molecule has 15 heavy (non-hydrogen) atoms. The molecular weight excluding hydrogens is 190 g/mol. The quantitative estimate of drug-likeness (QED) is 0.755. The minimum Gasteiger partial charge on any atom is -0.396 e. The van der Waals surface area contributed by atoms with E-state index in [0.717, 1.165) is 23.0 Å². The van der Waals surface area contributed by atoms with Crippen molar-refractivity contribution in [3.05, 3.63) is 29.5 Å². The van der Waals surface area contributed by atoms with Crippen LogP contribution in [0.5, 0.6) is 0 Å². The SMILES string of the molecule is Cc1nccc(-n2nc(C)c(N)c2C)n1. The summed E-state index contributed by atoms with van der Waals surface area (Å²) in [6.07, 6.45) is 1.71. The summed E-state index contributed by atoms with van der Waals surface area (Å²) in [6, 6.07) is 1.81. The van der Waals surface area contributed by atoms with E-state index < -0.39 is 0 Å². The van der Waals surface area contributed by atoms with Crippen molar-refractivity contribution in [1.82, 2.24) is 19.7 Å². The average molecular weight is 203 g/mol. The van der Waals surface area contributed by atoms with Gasteiger partial charge in [0, 0.05) is 12.3 Å². The lowest BCUT2D eigenvalue weighted by Crippen LogP contribution is -2.03. The molecule has 0 spiro atoms. The average Bonchev–Trinajstić information content (AvgIpc) is 2.46. The van der Waals surface area contributed by atoms with E-state index in [-0.39, 0.29) is 0 Å². The summed E-state index contributed by atoms with van der Waals surface area (Å²) < 4.78 is 1.74. The number of hydrogen-bond acceptors (Lipinski definition) is 4. The molecule has 2 aromatic heterocycles. The van der Waals surface area contributed by atoms with Gasteiger partial charge in [0.05, 0.1) is 17.1 Å². The molecule has 2 rings (SSSR count). The molecule has 2 aromatic rings. The topological polar surface area (TPSA) is 69.6 Å². The molecule has 5 nitrogen and oxygen atoms in total. The molecule has 0 bridgehead atoms. The van der Waals surface area contributed by atoms with E-state index >= 15 is 0 Å². The van der Waals surface area contributed by atoms with Gasteiger partial charge in [-0.05, 0) is 20.8 Å². The van der Waals surface area contributed by atoms with E-state index in [9.17, 15) is 0 Å². The van der Waals surface area contributed by atoms with Gasteiger partial charge >= 0.3 is 0 Å². The Balaban J connectivity index is 2.59. The van der Waals surface area contributed by atoms with Crippen molar-refractivity contribution in [3.63, 3.8) is 0 Å². The predicted molar refractivity (Wildman–Crippen MR) is 57.8 cm³/mol. The van der Waals surface area contributed by atoms with Crippen LogP contribution >= 0.6 is 0 Å². The first kappa shape index (κ1) is 9.64. The molecule has 0 atom stereocenters. The van der Waals surface area contributed by atoms with Crippen LogP contribution in [0.1, 0.15) is 17.2 Å². The van der Waals surface area contributed by atoms with Crippen LogP contribution in [0.2, 0.25) is 0 Å². The third-order valence-electron chi connectivity index (χ3n) is 2.33. The highest BCUT2D eigenvalue weighted by atomic mass is 15.3. The number of anilines is 1. The number of nitrogen functional groups attached to an aromatic ring is 1. The van der Waals surface area contributed by atoms with Crippen LogP contribution in [0, 0.1) is 20.8 Å². The summed E-state index contributed by atoms with van der Waals surface area (Å²) >= 11 is 0. The minimum absolute atomic E-state index is 0.714. The summed E-state index contributed by atoms with van der Waals surface area (Å²) in [5, 5.41) is 4.32. The number of aryl methyl sites for hydroxylation is 2. The Morgan fingerprint density at radius 1 is 1.27 bits per heavy atom. The lowest BCUT2D eigenvalue weighted by atomic mass is 10.3. The van der Waals surface area contributed by atoms with Gasteiger partial charge < -0.3 is 5.73 Å². The van der Waals surface area contributed by atoms with E-state index in [0.29, 0.717) is 5.69 Å². The van der Waals surface area contributed by atoms with Crippen molar-refractivity contribution in [2.75, 3.05) is 5.73 Å². The summed E-state index contributed by atoms with van der Waals surface area (Å²) in [5.41, 5.74) is 8.30. The summed E-state index contributed by atoms with van der Waals surface area (Å²) in [5.74, 6) is 1.47. The number of aromatic nitrogens is 4. The molecule has 0 saturated heterocycles. The van der Waals surface area contributed by atoms with E-state index in [4.69, 9.17) is 5.73 Å². The fraction of sp³-hybridized carbons (Fsp3) is 0.300. The maximum Gasteiger partial charge on any atom is 0.157 e. The summed E-state index contributed by atoms with van der Waals surface area (Å²) in [6.45, 7) is 5.65. The van der Waals surface area contributed by atoms with Crippen molar-refractivity contribution in [2.24, 2.45) is 0 Å². The Bertz CT molecular complexity index is 501. The Morgan fingerprint density at radius 2 is 2.00 bits per heavy atom. The summed E-state index contributed by atoms with van der Waals surface area (Å²) in [4.78, 5) is 8.33. The highest BCUT2D eigenvalue weighted by molar-refractivity contribution is 5.49. The van der Waals surface area contributed by atoms with Gasteiger partial charge in [-0.15, -0.1) is 0 Å². The smallest absolute Gasteiger partial charge is 0.157 e. The molecule has 78 valence electrons. The number of hydrogen-bond donors (Lipinski definition) is 1. The van der Waals surface area contributed by atoms with Gasteiger partial charge in [-0.3, -0.25) is 0 Å². The first-order valence-corrected chi connectivity index (χ1v) is 4.71. The van der Waals surface area contributed by atoms with Crippen molar-refractivity contribution >= 4 is 5.69 Å². The van der Waals surface area contributed by atoms with Crippen molar-refractivity contribution in [3.8, 4) is 5.82 Å². The molecule has 2 N–H and O–H groups in total. The van der Waals surface area contributed by atoms with Gasteiger partial charge in [0.15, 0.2) is 5.82 Å². The third-order valence-corrected chi connectivity index (χ3v) is 2.33. The molecule has 0 saturated carbocycles. The zero-order valence-electron chi connectivity index (χ0n) is 9.02. The standard InChI is InChI=1S/C10H13N5/c1-6-10(11)7(2)15(14-6)9-4-5-12-8(3)13-9/h4-5H,11H2,1-3H3. The predicted octanol–water partition coefficient (Wildman–Crippen LogP) is 1.17. The van der Waals surface area contributed by atoms with Crippen LogP contribution < -0.4 is 5.73 Å². The Kier molecular flexibility index (Phi) is 2.15. The lowest BCUT2D eigenvalue weighted by Gasteiger charge is -2.03. The Labute approximate surface area is 88.0 Å². The second-order valence-electron chi connectivity index (χ2n) is 3.46. The molecule has 0 aromatic carbocycles. The van der Waals surface area contributed by atoms with Gasteiger partial charge in [-0.25, -0.2) is 14.6 Å². The second-order valence-corrected chi connectivity index (χ2v) is 3.46. The van der Waals surface area contributed by atoms with Gasteiger partial charge in [0.25, 0.3) is 0 Å². The molecule has 2 heterocycles. The van der Waals surface area contributed by atoms with E-state index in [1.807, 2.05) is 26.8 Å². The van der Waals surface area contributed by atoms with E-state index in [1.54, 1.807) is 10.9 Å². The summed E-state index contributed by atoms with van der Waals surface area (Å²) in [7, 11) is 0.